The Labute approximate surface area is 118 Å². The number of ether oxygens (including phenoxy) is 1. The highest BCUT2D eigenvalue weighted by atomic mass is 32.3. The van der Waals surface area contributed by atoms with Crippen LogP contribution in [-0.4, -0.2) is 49.2 Å². The van der Waals surface area contributed by atoms with Gasteiger partial charge in [0.25, 0.3) is 0 Å². The van der Waals surface area contributed by atoms with Crippen LogP contribution in [0.25, 0.3) is 11.4 Å². The molecule has 20 heavy (non-hydrogen) atoms. The maximum Gasteiger partial charge on any atom is 0.418 e. The van der Waals surface area contributed by atoms with E-state index in [4.69, 9.17) is 9.29 Å². The second-order valence-electron chi connectivity index (χ2n) is 4.17. The lowest BCUT2D eigenvalue weighted by atomic mass is 10.2. The molecule has 0 amide bonds. The highest BCUT2D eigenvalue weighted by molar-refractivity contribution is 7.80. The Morgan fingerprint density at radius 1 is 1.50 bits per heavy atom. The molecular formula is C10H10N2O6S2. The monoisotopic (exact) mass is 318 g/mol. The summed E-state index contributed by atoms with van der Waals surface area (Å²) in [6, 6.07) is 1.77. The minimum atomic E-state index is -4.62. The second kappa shape index (κ2) is 4.45. The van der Waals surface area contributed by atoms with E-state index in [1.54, 1.807) is 16.3 Å². The van der Waals surface area contributed by atoms with Crippen LogP contribution >= 0.6 is 11.3 Å². The molecule has 0 radical (unpaired) electrons. The molecule has 2 bridgehead atoms. The highest BCUT2D eigenvalue weighted by Crippen LogP contribution is 2.25. The molecule has 0 saturated carbocycles. The molecule has 1 aromatic rings. The van der Waals surface area contributed by atoms with Crippen molar-refractivity contribution in [1.82, 2.24) is 9.96 Å². The molecule has 0 atom stereocenters. The van der Waals surface area contributed by atoms with Gasteiger partial charge in [-0.05, 0) is 11.4 Å². The van der Waals surface area contributed by atoms with Gasteiger partial charge < -0.3 is 9.64 Å². The molecule has 2 aliphatic heterocycles. The Kier molecular flexibility index (Phi) is 2.97. The molecule has 3 rings (SSSR count). The van der Waals surface area contributed by atoms with Crippen LogP contribution in [0, 0.1) is 0 Å². The summed E-state index contributed by atoms with van der Waals surface area (Å²) in [6.45, 7) is 0.324. The largest absolute Gasteiger partial charge is 0.464 e. The fourth-order valence-corrected chi connectivity index (χ4v) is 3.63. The van der Waals surface area contributed by atoms with Gasteiger partial charge in [-0.3, -0.25) is 4.55 Å². The third kappa shape index (κ3) is 2.06. The summed E-state index contributed by atoms with van der Waals surface area (Å²) in [4.78, 5) is 13.5. The molecule has 1 saturated heterocycles. The Balaban J connectivity index is 2.17. The van der Waals surface area contributed by atoms with Crippen molar-refractivity contribution in [3.63, 3.8) is 0 Å². The van der Waals surface area contributed by atoms with Crippen molar-refractivity contribution < 1.29 is 26.8 Å². The van der Waals surface area contributed by atoms with Crippen molar-refractivity contribution >= 4 is 39.1 Å². The van der Waals surface area contributed by atoms with E-state index in [0.717, 1.165) is 5.06 Å². The van der Waals surface area contributed by atoms with E-state index in [2.05, 4.69) is 4.28 Å². The molecular weight excluding hydrogens is 308 g/mol. The van der Waals surface area contributed by atoms with Gasteiger partial charge in [0.05, 0.1) is 23.9 Å². The number of methoxy groups -OCH3 is 1. The number of fused-ring (bicyclic) bond motifs is 3. The summed E-state index contributed by atoms with van der Waals surface area (Å²) < 4.78 is 40.5. The van der Waals surface area contributed by atoms with E-state index in [9.17, 15) is 13.2 Å². The number of hydrogen-bond acceptors (Lipinski definition) is 8. The topological polar surface area (TPSA) is 96.4 Å². The molecule has 0 aliphatic carbocycles. The van der Waals surface area contributed by atoms with Gasteiger partial charge in [0, 0.05) is 5.22 Å². The van der Waals surface area contributed by atoms with Crippen molar-refractivity contribution in [2.24, 2.45) is 0 Å². The molecule has 1 N–H and O–H groups in total. The fraction of sp³-hybridized carbons (Fsp3) is 0.300. The first kappa shape index (κ1) is 13.4. The second-order valence-corrected chi connectivity index (χ2v) is 6.09. The van der Waals surface area contributed by atoms with E-state index < -0.39 is 16.4 Å². The number of nitrogens with zero attached hydrogens (tertiary/aromatic N) is 2. The van der Waals surface area contributed by atoms with Crippen molar-refractivity contribution in [2.45, 2.75) is 0 Å². The van der Waals surface area contributed by atoms with E-state index in [1.165, 1.54) is 18.4 Å². The van der Waals surface area contributed by atoms with Crippen molar-refractivity contribution in [1.29, 1.82) is 0 Å². The minimum absolute atomic E-state index is 0.0148. The van der Waals surface area contributed by atoms with E-state index in [-0.39, 0.29) is 6.67 Å². The Morgan fingerprint density at radius 2 is 2.25 bits per heavy atom. The molecule has 3 heterocycles. The number of thiophene rings is 1. The maximum absolute atomic E-state index is 11.9. The Bertz CT molecular complexity index is 796. The summed E-state index contributed by atoms with van der Waals surface area (Å²) in [7, 11) is -3.34. The maximum atomic E-state index is 11.9. The summed E-state index contributed by atoms with van der Waals surface area (Å²) in [5.74, 6) is -0.499. The number of carbonyl (C=O) groups excluding carboxylic acids is 1. The number of esters is 1. The van der Waals surface area contributed by atoms with Crippen molar-refractivity contribution in [3.8, 4) is 0 Å². The molecule has 0 unspecified atom stereocenters. The van der Waals surface area contributed by atoms with Crippen LogP contribution in [0.3, 0.4) is 0 Å². The fourth-order valence-electron chi connectivity index (χ4n) is 2.28. The van der Waals surface area contributed by atoms with Gasteiger partial charge in [-0.2, -0.15) is 8.42 Å². The summed E-state index contributed by atoms with van der Waals surface area (Å²) in [5.41, 5.74) is 0.939. The first-order valence-electron chi connectivity index (χ1n) is 5.49. The van der Waals surface area contributed by atoms with Crippen LogP contribution in [0.2, 0.25) is 0 Å². The van der Waals surface area contributed by atoms with Gasteiger partial charge in [-0.1, -0.05) is 0 Å². The average Bonchev–Trinajstić information content (AvgIpc) is 2.94. The van der Waals surface area contributed by atoms with E-state index >= 15 is 0 Å². The number of rotatable bonds is 3. The van der Waals surface area contributed by atoms with Gasteiger partial charge >= 0.3 is 16.4 Å². The van der Waals surface area contributed by atoms with Crippen LogP contribution in [0.4, 0.5) is 0 Å². The van der Waals surface area contributed by atoms with Crippen molar-refractivity contribution in [3.05, 3.63) is 21.2 Å². The van der Waals surface area contributed by atoms with Gasteiger partial charge in [0.1, 0.15) is 12.4 Å². The summed E-state index contributed by atoms with van der Waals surface area (Å²) >= 11 is 1.35. The normalized spacial score (nSPS) is 17.5. The zero-order chi connectivity index (χ0) is 14.5. The minimum Gasteiger partial charge on any atom is -0.464 e. The molecule has 1 aromatic heterocycles. The molecule has 8 nitrogen and oxygen atoms in total. The summed E-state index contributed by atoms with van der Waals surface area (Å²) in [5, 5.41) is 3.54. The first-order chi connectivity index (χ1) is 9.40. The van der Waals surface area contributed by atoms with Gasteiger partial charge in [0.2, 0.25) is 0 Å². The van der Waals surface area contributed by atoms with E-state index in [0.29, 0.717) is 27.7 Å². The quantitative estimate of drug-likeness (QED) is 0.529. The van der Waals surface area contributed by atoms with Crippen LogP contribution in [0.1, 0.15) is 0 Å². The van der Waals surface area contributed by atoms with Crippen LogP contribution < -0.4 is 9.75 Å². The molecule has 2 aliphatic rings. The van der Waals surface area contributed by atoms with Crippen LogP contribution in [-0.2, 0) is 24.2 Å². The zero-order valence-electron chi connectivity index (χ0n) is 10.3. The van der Waals surface area contributed by atoms with Gasteiger partial charge in [-0.15, -0.1) is 15.6 Å². The Morgan fingerprint density at radius 3 is 2.90 bits per heavy atom. The van der Waals surface area contributed by atoms with Gasteiger partial charge in [-0.25, -0.2) is 9.86 Å². The van der Waals surface area contributed by atoms with E-state index in [1.807, 2.05) is 0 Å². The standard InChI is InChI=1S/C10H10N2O6S2/c1-17-10(13)8-9-6(2-3-19-9)7-4-11(8)5-12(7)18-20(14,15)16/h2-3H,4-5H2,1H3,(H,14,15,16). The number of hydroxylamine groups is 2. The zero-order valence-corrected chi connectivity index (χ0v) is 11.9. The lowest BCUT2D eigenvalue weighted by Crippen LogP contribution is -2.38. The molecule has 1 fully saturated rings. The number of carbonyl (C=O) groups is 1. The Hall–Kier alpha value is -1.62. The number of hydrogen-bond donors (Lipinski definition) is 1. The predicted molar refractivity (Wildman–Crippen MR) is 68.4 cm³/mol. The summed E-state index contributed by atoms with van der Waals surface area (Å²) in [6.07, 6.45) is 0. The van der Waals surface area contributed by atoms with Crippen LogP contribution in [0.15, 0.2) is 11.4 Å². The molecule has 108 valence electrons. The van der Waals surface area contributed by atoms with Gasteiger partial charge in [0.15, 0.2) is 0 Å². The van der Waals surface area contributed by atoms with Crippen molar-refractivity contribution in [2.75, 3.05) is 20.3 Å². The third-order valence-corrected chi connectivity index (χ3v) is 4.30. The average molecular weight is 318 g/mol. The molecule has 0 aromatic carbocycles. The predicted octanol–water partition coefficient (Wildman–Crippen LogP) is -1.54. The highest BCUT2D eigenvalue weighted by Gasteiger charge is 2.37. The molecule has 10 heteroatoms. The lowest BCUT2D eigenvalue weighted by Gasteiger charge is -2.19. The third-order valence-electron chi connectivity index (χ3n) is 3.01. The lowest BCUT2D eigenvalue weighted by molar-refractivity contribution is -0.135. The van der Waals surface area contributed by atoms with Crippen LogP contribution in [0.5, 0.6) is 0 Å². The first-order valence-corrected chi connectivity index (χ1v) is 7.74. The molecule has 0 spiro atoms. The SMILES string of the molecule is COC(=O)C1=c2sccc2=C2CN1CN2OS(=O)(=O)O. The smallest absolute Gasteiger partial charge is 0.418 e.